The molecule has 38 heavy (non-hydrogen) atoms. The average molecular weight is 533 g/mol. The number of nitrogens with zero attached hydrogens (tertiary/aromatic N) is 5. The van der Waals surface area contributed by atoms with Crippen molar-refractivity contribution in [1.82, 2.24) is 19.6 Å². The van der Waals surface area contributed by atoms with E-state index in [1.807, 2.05) is 6.07 Å². The number of anilines is 1. The van der Waals surface area contributed by atoms with Gasteiger partial charge in [-0.15, -0.1) is 11.3 Å². The van der Waals surface area contributed by atoms with Gasteiger partial charge in [0.05, 0.1) is 33.1 Å². The number of aryl methyl sites for hydroxylation is 2. The Bertz CT molecular complexity index is 1750. The number of halogens is 2. The van der Waals surface area contributed by atoms with E-state index >= 15 is 4.39 Å². The van der Waals surface area contributed by atoms with Gasteiger partial charge in [0.1, 0.15) is 22.7 Å². The molecule has 6 rings (SSSR count). The lowest BCUT2D eigenvalue weighted by atomic mass is 9.92. The lowest BCUT2D eigenvalue weighted by molar-refractivity contribution is -0.128. The third-order valence-corrected chi connectivity index (χ3v) is 8.50. The highest BCUT2D eigenvalue weighted by atomic mass is 32.1. The maximum absolute atomic E-state index is 16.1. The molecule has 4 heterocycles. The minimum Gasteiger partial charge on any atom is -0.389 e. The summed E-state index contributed by atoms with van der Waals surface area (Å²) in [6, 6.07) is 5.66. The molecule has 8 nitrogen and oxygen atoms in total. The van der Waals surface area contributed by atoms with Crippen molar-refractivity contribution in [2.45, 2.75) is 25.9 Å². The smallest absolute Gasteiger partial charge is 0.256 e. The van der Waals surface area contributed by atoms with Crippen molar-refractivity contribution in [2.75, 3.05) is 25.4 Å². The van der Waals surface area contributed by atoms with Crippen molar-refractivity contribution in [2.24, 2.45) is 0 Å². The highest BCUT2D eigenvalue weighted by Gasteiger charge is 2.36. The standard InChI is InChI=1S/C27H22F2N6O2S/c1-3-20(36)33-8-9-34-14(12-33)6-7-35-24-16(27(34)37)10-19(29)23(21(24)13(2)32-35)15-4-5-18(28)25-22(15)17(11-30)26(31)38-25/h3-5,10,14H,1,6-9,12,31H2,2H3/t14-/m1/s1. The Morgan fingerprint density at radius 3 is 2.76 bits per heavy atom. The van der Waals surface area contributed by atoms with Gasteiger partial charge in [0, 0.05) is 42.5 Å². The van der Waals surface area contributed by atoms with Crippen LogP contribution in [0.15, 0.2) is 30.9 Å². The molecule has 4 aromatic rings. The number of fused-ring (bicyclic) bond motifs is 2. The van der Waals surface area contributed by atoms with Crippen LogP contribution in [0.1, 0.15) is 28.0 Å². The Labute approximate surface area is 220 Å². The van der Waals surface area contributed by atoms with Crippen LogP contribution >= 0.6 is 11.3 Å². The number of benzene rings is 2. The largest absolute Gasteiger partial charge is 0.389 e. The first-order valence-corrected chi connectivity index (χ1v) is 12.9. The molecule has 0 aliphatic carbocycles. The number of carbonyl (C=O) groups is 2. The van der Waals surface area contributed by atoms with Crippen molar-refractivity contribution in [3.05, 3.63) is 59.3 Å². The maximum atomic E-state index is 16.1. The van der Waals surface area contributed by atoms with Crippen molar-refractivity contribution in [1.29, 1.82) is 5.26 Å². The Hall–Kier alpha value is -4.30. The highest BCUT2D eigenvalue weighted by molar-refractivity contribution is 7.23. The highest BCUT2D eigenvalue weighted by Crippen LogP contribution is 2.45. The van der Waals surface area contributed by atoms with Gasteiger partial charge in [-0.25, -0.2) is 8.78 Å². The Balaban J connectivity index is 1.57. The van der Waals surface area contributed by atoms with E-state index < -0.39 is 11.6 Å². The molecule has 0 bridgehead atoms. The van der Waals surface area contributed by atoms with Crippen molar-refractivity contribution in [3.63, 3.8) is 0 Å². The number of carbonyl (C=O) groups excluding carboxylic acids is 2. The molecule has 0 radical (unpaired) electrons. The summed E-state index contributed by atoms with van der Waals surface area (Å²) in [5.74, 6) is -1.75. The summed E-state index contributed by atoms with van der Waals surface area (Å²) < 4.78 is 32.7. The van der Waals surface area contributed by atoms with Crippen LogP contribution < -0.4 is 5.73 Å². The summed E-state index contributed by atoms with van der Waals surface area (Å²) in [6.45, 7) is 6.77. The van der Waals surface area contributed by atoms with Gasteiger partial charge < -0.3 is 15.5 Å². The zero-order valence-electron chi connectivity index (χ0n) is 20.4. The van der Waals surface area contributed by atoms with E-state index in [-0.39, 0.29) is 49.6 Å². The van der Waals surface area contributed by atoms with Crippen LogP contribution in [0.5, 0.6) is 0 Å². The van der Waals surface area contributed by atoms with Gasteiger partial charge >= 0.3 is 0 Å². The van der Waals surface area contributed by atoms with Gasteiger partial charge in [-0.1, -0.05) is 12.6 Å². The molecule has 2 N–H and O–H groups in total. The average Bonchev–Trinajstić information content (AvgIpc) is 3.42. The van der Waals surface area contributed by atoms with Crippen LogP contribution in [0, 0.1) is 29.9 Å². The fourth-order valence-electron chi connectivity index (χ4n) is 5.76. The number of hydrogen-bond donors (Lipinski definition) is 1. The fourth-order valence-corrected chi connectivity index (χ4v) is 6.71. The van der Waals surface area contributed by atoms with E-state index in [2.05, 4.69) is 11.7 Å². The predicted molar refractivity (Wildman–Crippen MR) is 141 cm³/mol. The van der Waals surface area contributed by atoms with E-state index in [1.54, 1.807) is 21.4 Å². The number of hydrogen-bond acceptors (Lipinski definition) is 6. The molecule has 2 aromatic heterocycles. The first-order chi connectivity index (χ1) is 18.2. The molecule has 2 aliphatic rings. The first kappa shape index (κ1) is 24.1. The number of nitrogen functional groups attached to an aromatic ring is 1. The van der Waals surface area contributed by atoms with Crippen LogP contribution in [0.4, 0.5) is 13.8 Å². The molecule has 2 aromatic carbocycles. The van der Waals surface area contributed by atoms with Gasteiger partial charge in [0.2, 0.25) is 5.91 Å². The zero-order chi connectivity index (χ0) is 26.9. The number of aromatic nitrogens is 2. The van der Waals surface area contributed by atoms with E-state index in [4.69, 9.17) is 5.73 Å². The molecule has 1 atom stereocenters. The van der Waals surface area contributed by atoms with Crippen LogP contribution in [0.25, 0.3) is 32.1 Å². The van der Waals surface area contributed by atoms with Crippen molar-refractivity contribution in [3.8, 4) is 17.2 Å². The Morgan fingerprint density at radius 2 is 2.03 bits per heavy atom. The molecule has 11 heteroatoms. The van der Waals surface area contributed by atoms with E-state index in [0.717, 1.165) is 11.3 Å². The number of nitrogens with two attached hydrogens (primary N) is 1. The fraction of sp³-hybridized carbons (Fsp3) is 0.259. The molecule has 0 unspecified atom stereocenters. The number of rotatable bonds is 2. The summed E-state index contributed by atoms with van der Waals surface area (Å²) in [7, 11) is 0. The first-order valence-electron chi connectivity index (χ1n) is 12.1. The zero-order valence-corrected chi connectivity index (χ0v) is 21.2. The monoisotopic (exact) mass is 532 g/mol. The van der Waals surface area contributed by atoms with Gasteiger partial charge in [0.15, 0.2) is 0 Å². The normalized spacial score (nSPS) is 17.3. The Morgan fingerprint density at radius 1 is 1.24 bits per heavy atom. The molecular weight excluding hydrogens is 510 g/mol. The molecule has 2 aliphatic heterocycles. The molecule has 1 fully saturated rings. The molecule has 0 saturated carbocycles. The molecule has 0 spiro atoms. The van der Waals surface area contributed by atoms with Crippen LogP contribution in [0.3, 0.4) is 0 Å². The second-order valence-corrected chi connectivity index (χ2v) is 10.5. The van der Waals surface area contributed by atoms with Gasteiger partial charge in [-0.3, -0.25) is 14.3 Å². The van der Waals surface area contributed by atoms with Crippen LogP contribution in [-0.4, -0.2) is 57.1 Å². The van der Waals surface area contributed by atoms with E-state index in [9.17, 15) is 19.2 Å². The minimum atomic E-state index is -0.678. The molecule has 192 valence electrons. The summed E-state index contributed by atoms with van der Waals surface area (Å²) in [5, 5.41) is 15.2. The molecule has 1 saturated heterocycles. The second-order valence-electron chi connectivity index (χ2n) is 9.49. The minimum absolute atomic E-state index is 0.0909. The van der Waals surface area contributed by atoms with E-state index in [0.29, 0.717) is 54.8 Å². The Kier molecular flexibility index (Phi) is 5.47. The van der Waals surface area contributed by atoms with Gasteiger partial charge in [0.25, 0.3) is 5.91 Å². The maximum Gasteiger partial charge on any atom is 0.256 e. The summed E-state index contributed by atoms with van der Waals surface area (Å²) in [5.41, 5.74) is 7.75. The quantitative estimate of drug-likeness (QED) is 0.389. The lowest BCUT2D eigenvalue weighted by Gasteiger charge is -2.42. The van der Waals surface area contributed by atoms with Gasteiger partial charge in [-0.2, -0.15) is 10.4 Å². The van der Waals surface area contributed by atoms with Crippen LogP contribution in [-0.2, 0) is 11.3 Å². The summed E-state index contributed by atoms with van der Waals surface area (Å²) >= 11 is 0.943. The lowest BCUT2D eigenvalue weighted by Crippen LogP contribution is -2.57. The summed E-state index contributed by atoms with van der Waals surface area (Å²) in [4.78, 5) is 29.4. The van der Waals surface area contributed by atoms with Crippen molar-refractivity contribution >= 4 is 49.1 Å². The number of thiophene rings is 1. The SMILES string of the molecule is C=CC(=O)N1CCN2C(=O)c3cc(F)c(-c4ccc(F)c5sc(N)c(C#N)c45)c4c(C)nn(c34)CC[C@@H]2C1. The van der Waals surface area contributed by atoms with Crippen LogP contribution in [0.2, 0.25) is 0 Å². The third kappa shape index (κ3) is 3.33. The van der Waals surface area contributed by atoms with Gasteiger partial charge in [-0.05, 0) is 37.1 Å². The second kappa shape index (κ2) is 8.63. The predicted octanol–water partition coefficient (Wildman–Crippen LogP) is 4.20. The van der Waals surface area contributed by atoms with E-state index in [1.165, 1.54) is 24.3 Å². The molecule has 2 amide bonds. The number of nitriles is 1. The molecular formula is C27H22F2N6O2S. The number of piperazine rings is 1. The van der Waals surface area contributed by atoms with Crippen molar-refractivity contribution < 1.29 is 18.4 Å². The summed E-state index contributed by atoms with van der Waals surface area (Å²) in [6.07, 6.45) is 1.81. The third-order valence-electron chi connectivity index (χ3n) is 7.48. The topological polar surface area (TPSA) is 108 Å². The number of amides is 2.